The Kier molecular flexibility index (Phi) is 5.38. The fourth-order valence-electron chi connectivity index (χ4n) is 2.24. The van der Waals surface area contributed by atoms with Crippen LogP contribution in [0, 0.1) is 0 Å². The lowest BCUT2D eigenvalue weighted by Gasteiger charge is -2.28. The summed E-state index contributed by atoms with van der Waals surface area (Å²) in [6.45, 7) is 2.98. The van der Waals surface area contributed by atoms with Crippen molar-refractivity contribution >= 4 is 44.2 Å². The minimum Gasteiger partial charge on any atom is -0.464 e. The van der Waals surface area contributed by atoms with Crippen molar-refractivity contribution in [3.8, 4) is 0 Å². The van der Waals surface area contributed by atoms with Crippen LogP contribution in [0.5, 0.6) is 0 Å². The molecule has 2 unspecified atom stereocenters. The molecule has 24 heavy (non-hydrogen) atoms. The zero-order valence-corrected chi connectivity index (χ0v) is 15.0. The van der Waals surface area contributed by atoms with Gasteiger partial charge in [0.2, 0.25) is 11.3 Å². The van der Waals surface area contributed by atoms with Crippen LogP contribution >= 0.6 is 15.9 Å². The third-order valence-electron chi connectivity index (χ3n) is 3.31. The van der Waals surface area contributed by atoms with Gasteiger partial charge in [-0.05, 0) is 26.0 Å². The summed E-state index contributed by atoms with van der Waals surface area (Å²) < 4.78 is 28.2. The number of hydrogen-bond acceptors (Lipinski definition) is 5. The smallest absolute Gasteiger partial charge is 0.331 e. The number of ether oxygens (including phenoxy) is 1. The molecule has 0 spiro atoms. The molecule has 130 valence electrons. The van der Waals surface area contributed by atoms with E-state index in [1.54, 1.807) is 6.92 Å². The second-order valence-electron chi connectivity index (χ2n) is 4.98. The highest BCUT2D eigenvalue weighted by molar-refractivity contribution is 9.10. The number of fused-ring (bicyclic) bond motifs is 1. The van der Waals surface area contributed by atoms with Crippen molar-refractivity contribution in [3.63, 3.8) is 0 Å². The first-order valence-corrected chi connectivity index (χ1v) is 8.61. The van der Waals surface area contributed by atoms with Crippen LogP contribution in [0.1, 0.15) is 19.4 Å². The number of hydrogen-bond donors (Lipinski definition) is 4. The van der Waals surface area contributed by atoms with Crippen molar-refractivity contribution in [2.45, 2.75) is 19.4 Å². The standard InChI is InChI=1S/C13H14BrN3O6S/c1-3-23-12(20)13(2,17-24(21)22)7-4-6(14)5-8-9(7)16-11(19)10(18)15-8/h4-5,17H,3H2,1-2H3,(H,15,18)(H,16,19)(H,21,22). The van der Waals surface area contributed by atoms with E-state index < -0.39 is 33.9 Å². The Labute approximate surface area is 146 Å². The van der Waals surface area contributed by atoms with Crippen molar-refractivity contribution in [2.75, 3.05) is 6.61 Å². The molecule has 0 bridgehead atoms. The Morgan fingerprint density at radius 1 is 1.38 bits per heavy atom. The maximum Gasteiger partial charge on any atom is 0.331 e. The zero-order chi connectivity index (χ0) is 18.1. The minimum atomic E-state index is -2.55. The van der Waals surface area contributed by atoms with Gasteiger partial charge >= 0.3 is 17.1 Å². The summed E-state index contributed by atoms with van der Waals surface area (Å²) in [7, 11) is 0. The Hall–Kier alpha value is -1.82. The molecule has 2 rings (SSSR count). The van der Waals surface area contributed by atoms with Gasteiger partial charge in [-0.3, -0.25) is 14.1 Å². The maximum atomic E-state index is 12.4. The molecule has 0 amide bonds. The Balaban J connectivity index is 2.85. The lowest BCUT2D eigenvalue weighted by Crippen LogP contribution is -2.48. The Morgan fingerprint density at radius 3 is 2.58 bits per heavy atom. The molecule has 4 N–H and O–H groups in total. The summed E-state index contributed by atoms with van der Waals surface area (Å²) in [5.41, 5.74) is -2.99. The van der Waals surface area contributed by atoms with Crippen molar-refractivity contribution in [1.29, 1.82) is 0 Å². The van der Waals surface area contributed by atoms with E-state index in [1.165, 1.54) is 19.1 Å². The van der Waals surface area contributed by atoms with Crippen molar-refractivity contribution in [3.05, 3.63) is 42.9 Å². The molecule has 2 atom stereocenters. The predicted octanol–water partition coefficient (Wildman–Crippen LogP) is 0.484. The number of halogens is 1. The van der Waals surface area contributed by atoms with E-state index in [0.717, 1.165) is 0 Å². The summed E-state index contributed by atoms with van der Waals surface area (Å²) in [5, 5.41) is 0. The molecule has 1 aromatic heterocycles. The van der Waals surface area contributed by atoms with E-state index in [0.29, 0.717) is 4.47 Å². The highest BCUT2D eigenvalue weighted by Gasteiger charge is 2.40. The van der Waals surface area contributed by atoms with Crippen molar-refractivity contribution in [2.24, 2.45) is 0 Å². The summed E-state index contributed by atoms with van der Waals surface area (Å²) in [4.78, 5) is 40.3. The number of carbonyl (C=O) groups excluding carboxylic acids is 1. The van der Waals surface area contributed by atoms with Crippen LogP contribution in [0.15, 0.2) is 26.2 Å². The molecule has 2 aromatic rings. The molecule has 0 fully saturated rings. The second-order valence-corrected chi connectivity index (χ2v) is 6.60. The number of nitrogens with one attached hydrogen (secondary N) is 3. The molecule has 0 radical (unpaired) electrons. The average molecular weight is 420 g/mol. The van der Waals surface area contributed by atoms with Gasteiger partial charge in [-0.2, -0.15) is 4.72 Å². The van der Waals surface area contributed by atoms with Crippen LogP contribution in [0.25, 0.3) is 11.0 Å². The molecule has 0 saturated heterocycles. The highest BCUT2D eigenvalue weighted by Crippen LogP contribution is 2.31. The van der Waals surface area contributed by atoms with E-state index in [4.69, 9.17) is 4.74 Å². The number of aromatic amines is 2. The first kappa shape index (κ1) is 18.5. The van der Waals surface area contributed by atoms with E-state index >= 15 is 0 Å². The number of carbonyl (C=O) groups is 1. The summed E-state index contributed by atoms with van der Waals surface area (Å²) in [6.07, 6.45) is 0. The number of rotatable bonds is 5. The van der Waals surface area contributed by atoms with E-state index in [9.17, 15) is 23.1 Å². The van der Waals surface area contributed by atoms with Gasteiger partial charge < -0.3 is 14.7 Å². The van der Waals surface area contributed by atoms with E-state index in [1.807, 2.05) is 0 Å². The fourth-order valence-corrected chi connectivity index (χ4v) is 3.24. The second kappa shape index (κ2) is 6.97. The first-order valence-electron chi connectivity index (χ1n) is 6.71. The maximum absolute atomic E-state index is 12.4. The first-order chi connectivity index (χ1) is 11.2. The van der Waals surface area contributed by atoms with Gasteiger partial charge in [0.25, 0.3) is 0 Å². The van der Waals surface area contributed by atoms with Gasteiger partial charge in [0.1, 0.15) is 0 Å². The van der Waals surface area contributed by atoms with E-state index in [2.05, 4.69) is 30.6 Å². The topological polar surface area (TPSA) is 141 Å². The molecule has 0 aliphatic heterocycles. The fraction of sp³-hybridized carbons (Fsp3) is 0.308. The summed E-state index contributed by atoms with van der Waals surface area (Å²) in [5.74, 6) is -0.821. The third kappa shape index (κ3) is 3.48. The molecular weight excluding hydrogens is 406 g/mol. The van der Waals surface area contributed by atoms with Crippen LogP contribution in [0.4, 0.5) is 0 Å². The van der Waals surface area contributed by atoms with Gasteiger partial charge in [-0.15, -0.1) is 0 Å². The van der Waals surface area contributed by atoms with Gasteiger partial charge in [-0.25, -0.2) is 9.00 Å². The summed E-state index contributed by atoms with van der Waals surface area (Å²) >= 11 is 0.692. The zero-order valence-electron chi connectivity index (χ0n) is 12.6. The van der Waals surface area contributed by atoms with Crippen LogP contribution in [-0.4, -0.2) is 31.3 Å². The lowest BCUT2D eigenvalue weighted by atomic mass is 9.92. The van der Waals surface area contributed by atoms with E-state index in [-0.39, 0.29) is 23.2 Å². The number of aromatic nitrogens is 2. The highest BCUT2D eigenvalue weighted by atomic mass is 79.9. The number of benzene rings is 1. The molecule has 1 aromatic carbocycles. The van der Waals surface area contributed by atoms with Crippen LogP contribution in [0.3, 0.4) is 0 Å². The molecule has 0 saturated carbocycles. The quantitative estimate of drug-likeness (QED) is 0.315. The molecule has 1 heterocycles. The molecule has 11 heteroatoms. The van der Waals surface area contributed by atoms with Crippen molar-refractivity contribution < 1.29 is 18.3 Å². The average Bonchev–Trinajstić information content (AvgIpc) is 2.47. The van der Waals surface area contributed by atoms with Gasteiger partial charge in [0, 0.05) is 10.0 Å². The lowest BCUT2D eigenvalue weighted by molar-refractivity contribution is -0.150. The number of esters is 1. The van der Waals surface area contributed by atoms with Gasteiger partial charge in [0.15, 0.2) is 5.54 Å². The van der Waals surface area contributed by atoms with Crippen LogP contribution in [-0.2, 0) is 26.3 Å². The largest absolute Gasteiger partial charge is 0.464 e. The van der Waals surface area contributed by atoms with Crippen LogP contribution < -0.4 is 15.8 Å². The van der Waals surface area contributed by atoms with Crippen molar-refractivity contribution in [1.82, 2.24) is 14.7 Å². The normalized spacial score (nSPS) is 15.0. The molecular formula is C13H14BrN3O6S. The number of H-pyrrole nitrogens is 2. The van der Waals surface area contributed by atoms with Gasteiger partial charge in [-0.1, -0.05) is 15.9 Å². The van der Waals surface area contributed by atoms with Gasteiger partial charge in [0.05, 0.1) is 17.6 Å². The van der Waals surface area contributed by atoms with Crippen LogP contribution in [0.2, 0.25) is 0 Å². The SMILES string of the molecule is CCOC(=O)C(C)(NS(=O)O)c1cc(Br)cc2[nH]c(=O)c(=O)[nH]c12. The summed E-state index contributed by atoms with van der Waals surface area (Å²) in [6, 6.07) is 3.00. The third-order valence-corrected chi connectivity index (χ3v) is 4.35. The minimum absolute atomic E-state index is 0.0491. The Morgan fingerprint density at radius 2 is 2.00 bits per heavy atom. The monoisotopic (exact) mass is 419 g/mol. The molecule has 0 aliphatic carbocycles. The Bertz CT molecular complexity index is 939. The predicted molar refractivity (Wildman–Crippen MR) is 90.8 cm³/mol. The molecule has 0 aliphatic rings. The molecule has 9 nitrogen and oxygen atoms in total.